The third-order valence-electron chi connectivity index (χ3n) is 3.47. The number of nitrogens with zero attached hydrogens (tertiary/aromatic N) is 2. The third-order valence-corrected chi connectivity index (χ3v) is 3.47. The summed E-state index contributed by atoms with van der Waals surface area (Å²) in [5.41, 5.74) is 0.363. The van der Waals surface area contributed by atoms with Crippen molar-refractivity contribution in [3.63, 3.8) is 0 Å². The lowest BCUT2D eigenvalue weighted by atomic mass is 9.92. The van der Waals surface area contributed by atoms with Crippen molar-refractivity contribution >= 4 is 5.91 Å². The summed E-state index contributed by atoms with van der Waals surface area (Å²) in [5, 5.41) is 6.78. The van der Waals surface area contributed by atoms with Gasteiger partial charge >= 0.3 is 0 Å². The van der Waals surface area contributed by atoms with Gasteiger partial charge in [-0.15, -0.1) is 0 Å². The molecule has 1 aliphatic rings. The molecule has 1 unspecified atom stereocenters. The van der Waals surface area contributed by atoms with E-state index in [0.29, 0.717) is 36.0 Å². The van der Waals surface area contributed by atoms with Crippen molar-refractivity contribution in [1.82, 2.24) is 15.5 Å². The highest BCUT2D eigenvalue weighted by Crippen LogP contribution is 2.36. The highest BCUT2D eigenvalue weighted by atomic mass is 16.5. The topological polar surface area (TPSA) is 68.0 Å². The number of carbonyl (C=O) groups excluding carboxylic acids is 1. The molecule has 18 heavy (non-hydrogen) atoms. The van der Waals surface area contributed by atoms with Gasteiger partial charge in [-0.05, 0) is 31.6 Å². The number of aryl methyl sites for hydroxylation is 2. The van der Waals surface area contributed by atoms with Crippen LogP contribution in [0.25, 0.3) is 0 Å². The Morgan fingerprint density at radius 2 is 2.33 bits per heavy atom. The molecule has 1 amide bonds. The fraction of sp³-hybridized carbons (Fsp3) is 0.769. The molecule has 0 radical (unpaired) electrons. The van der Waals surface area contributed by atoms with Crippen molar-refractivity contribution in [3.8, 4) is 0 Å². The third kappa shape index (κ3) is 3.55. The van der Waals surface area contributed by atoms with E-state index in [-0.39, 0.29) is 5.91 Å². The molecule has 0 aliphatic heterocycles. The standard InChI is InChI=1S/C13H21N3O2/c1-9-14-12(18-16-9)5-4-11(17)15-10-6-7-13(2,3)8-10/h10H,4-8H2,1-3H3,(H,15,17). The summed E-state index contributed by atoms with van der Waals surface area (Å²) in [7, 11) is 0. The lowest BCUT2D eigenvalue weighted by Gasteiger charge is -2.17. The first-order valence-corrected chi connectivity index (χ1v) is 6.53. The van der Waals surface area contributed by atoms with Crippen LogP contribution in [0.3, 0.4) is 0 Å². The molecule has 1 aromatic heterocycles. The fourth-order valence-electron chi connectivity index (χ4n) is 2.52. The highest BCUT2D eigenvalue weighted by molar-refractivity contribution is 5.76. The molecule has 1 saturated carbocycles. The average molecular weight is 251 g/mol. The molecular formula is C13H21N3O2. The second-order valence-electron chi connectivity index (χ2n) is 5.91. The quantitative estimate of drug-likeness (QED) is 0.888. The van der Waals surface area contributed by atoms with Gasteiger partial charge in [0, 0.05) is 18.9 Å². The van der Waals surface area contributed by atoms with Gasteiger partial charge in [-0.2, -0.15) is 4.98 Å². The van der Waals surface area contributed by atoms with Crippen LogP contribution in [-0.4, -0.2) is 22.1 Å². The van der Waals surface area contributed by atoms with Gasteiger partial charge in [-0.1, -0.05) is 19.0 Å². The van der Waals surface area contributed by atoms with Crippen LogP contribution in [0.15, 0.2) is 4.52 Å². The summed E-state index contributed by atoms with van der Waals surface area (Å²) in [6, 6.07) is 0.330. The van der Waals surface area contributed by atoms with E-state index in [0.717, 1.165) is 12.8 Å². The first kappa shape index (κ1) is 13.1. The van der Waals surface area contributed by atoms with Gasteiger partial charge in [0.25, 0.3) is 0 Å². The molecule has 5 heteroatoms. The van der Waals surface area contributed by atoms with Gasteiger partial charge in [0.1, 0.15) is 0 Å². The van der Waals surface area contributed by atoms with E-state index >= 15 is 0 Å². The molecule has 1 N–H and O–H groups in total. The molecule has 1 fully saturated rings. The zero-order chi connectivity index (χ0) is 13.2. The number of carbonyl (C=O) groups is 1. The second-order valence-corrected chi connectivity index (χ2v) is 5.91. The minimum atomic E-state index is 0.0774. The molecule has 0 bridgehead atoms. The Kier molecular flexibility index (Phi) is 3.68. The predicted octanol–water partition coefficient (Wildman–Crippen LogP) is 2.01. The van der Waals surface area contributed by atoms with Crippen LogP contribution in [0.5, 0.6) is 0 Å². The molecular weight excluding hydrogens is 230 g/mol. The van der Waals surface area contributed by atoms with Gasteiger partial charge in [0.15, 0.2) is 5.82 Å². The van der Waals surface area contributed by atoms with E-state index in [4.69, 9.17) is 4.52 Å². The van der Waals surface area contributed by atoms with Crippen LogP contribution in [0.4, 0.5) is 0 Å². The number of amides is 1. The number of aromatic nitrogens is 2. The summed E-state index contributed by atoms with van der Waals surface area (Å²) in [6.45, 7) is 6.27. The van der Waals surface area contributed by atoms with Crippen LogP contribution in [-0.2, 0) is 11.2 Å². The minimum Gasteiger partial charge on any atom is -0.353 e. The van der Waals surface area contributed by atoms with Crippen molar-refractivity contribution in [2.75, 3.05) is 0 Å². The summed E-state index contributed by atoms with van der Waals surface area (Å²) < 4.78 is 4.98. The lowest BCUT2D eigenvalue weighted by molar-refractivity contribution is -0.121. The molecule has 1 heterocycles. The van der Waals surface area contributed by atoms with Crippen molar-refractivity contribution in [3.05, 3.63) is 11.7 Å². The summed E-state index contributed by atoms with van der Waals surface area (Å²) in [6.07, 6.45) is 4.26. The molecule has 0 spiro atoms. The highest BCUT2D eigenvalue weighted by Gasteiger charge is 2.31. The Morgan fingerprint density at radius 1 is 1.56 bits per heavy atom. The molecule has 0 aromatic carbocycles. The summed E-state index contributed by atoms with van der Waals surface area (Å²) >= 11 is 0. The molecule has 2 rings (SSSR count). The van der Waals surface area contributed by atoms with E-state index in [1.54, 1.807) is 6.92 Å². The SMILES string of the molecule is Cc1noc(CCC(=O)NC2CCC(C)(C)C2)n1. The van der Waals surface area contributed by atoms with E-state index in [1.165, 1.54) is 6.42 Å². The number of rotatable bonds is 4. The maximum Gasteiger partial charge on any atom is 0.227 e. The second kappa shape index (κ2) is 5.08. The fourth-order valence-corrected chi connectivity index (χ4v) is 2.52. The van der Waals surface area contributed by atoms with Crippen LogP contribution in [0.2, 0.25) is 0 Å². The van der Waals surface area contributed by atoms with Crippen LogP contribution >= 0.6 is 0 Å². The van der Waals surface area contributed by atoms with Gasteiger partial charge in [-0.25, -0.2) is 0 Å². The monoisotopic (exact) mass is 251 g/mol. The molecule has 1 atom stereocenters. The zero-order valence-electron chi connectivity index (χ0n) is 11.3. The van der Waals surface area contributed by atoms with Gasteiger partial charge < -0.3 is 9.84 Å². The van der Waals surface area contributed by atoms with Crippen molar-refractivity contribution < 1.29 is 9.32 Å². The van der Waals surface area contributed by atoms with E-state index in [9.17, 15) is 4.79 Å². The Balaban J connectivity index is 1.73. The maximum absolute atomic E-state index is 11.8. The number of nitrogens with one attached hydrogen (secondary N) is 1. The van der Waals surface area contributed by atoms with Crippen molar-refractivity contribution in [1.29, 1.82) is 0 Å². The van der Waals surface area contributed by atoms with Crippen LogP contribution in [0, 0.1) is 12.3 Å². The first-order chi connectivity index (χ1) is 8.44. The molecule has 5 nitrogen and oxygen atoms in total. The van der Waals surface area contributed by atoms with Gasteiger partial charge in [0.05, 0.1) is 0 Å². The maximum atomic E-state index is 11.8. The Labute approximate surface area is 107 Å². The van der Waals surface area contributed by atoms with Gasteiger partial charge in [-0.3, -0.25) is 4.79 Å². The molecule has 1 aliphatic carbocycles. The molecule has 100 valence electrons. The predicted molar refractivity (Wildman–Crippen MR) is 66.9 cm³/mol. The average Bonchev–Trinajstić information content (AvgIpc) is 2.82. The van der Waals surface area contributed by atoms with E-state index in [2.05, 4.69) is 29.3 Å². The molecule has 0 saturated heterocycles. The summed E-state index contributed by atoms with van der Waals surface area (Å²) in [4.78, 5) is 15.9. The Morgan fingerprint density at radius 3 is 2.89 bits per heavy atom. The number of hydrogen-bond donors (Lipinski definition) is 1. The summed E-state index contributed by atoms with van der Waals surface area (Å²) in [5.74, 6) is 1.23. The molecule has 1 aromatic rings. The Hall–Kier alpha value is -1.39. The van der Waals surface area contributed by atoms with E-state index in [1.807, 2.05) is 0 Å². The van der Waals surface area contributed by atoms with Gasteiger partial charge in [0.2, 0.25) is 11.8 Å². The lowest BCUT2D eigenvalue weighted by Crippen LogP contribution is -2.33. The minimum absolute atomic E-state index is 0.0774. The van der Waals surface area contributed by atoms with E-state index < -0.39 is 0 Å². The largest absolute Gasteiger partial charge is 0.353 e. The Bertz CT molecular complexity index is 426. The van der Waals surface area contributed by atoms with Crippen LogP contribution < -0.4 is 5.32 Å². The number of hydrogen-bond acceptors (Lipinski definition) is 4. The van der Waals surface area contributed by atoms with Crippen molar-refractivity contribution in [2.24, 2.45) is 5.41 Å². The zero-order valence-corrected chi connectivity index (χ0v) is 11.3. The normalized spacial score (nSPS) is 22.1. The van der Waals surface area contributed by atoms with Crippen LogP contribution in [0.1, 0.15) is 51.2 Å². The van der Waals surface area contributed by atoms with Crippen molar-refractivity contribution in [2.45, 2.75) is 58.9 Å². The first-order valence-electron chi connectivity index (χ1n) is 6.53. The smallest absolute Gasteiger partial charge is 0.227 e.